The van der Waals surface area contributed by atoms with E-state index in [1.54, 1.807) is 33.5 Å². The number of carboxylic acid groups (broad SMARTS) is 1. The number of fused-ring (bicyclic) bond motifs is 2. The molecular formula is C24H20F3N9O4. The van der Waals surface area contributed by atoms with Crippen molar-refractivity contribution in [2.75, 3.05) is 16.4 Å². The Hall–Kier alpha value is -5.15. The second-order valence-electron chi connectivity index (χ2n) is 9.33. The van der Waals surface area contributed by atoms with Crippen molar-refractivity contribution in [2.45, 2.75) is 37.4 Å². The van der Waals surface area contributed by atoms with Crippen LogP contribution in [0.5, 0.6) is 0 Å². The van der Waals surface area contributed by atoms with Gasteiger partial charge in [-0.1, -0.05) is 5.16 Å². The minimum Gasteiger partial charge on any atom is -0.481 e. The molecule has 0 bridgehead atoms. The van der Waals surface area contributed by atoms with Crippen molar-refractivity contribution in [3.8, 4) is 11.3 Å². The molecule has 16 heteroatoms. The first kappa shape index (κ1) is 25.1. The Labute approximate surface area is 221 Å². The van der Waals surface area contributed by atoms with Crippen LogP contribution in [-0.2, 0) is 16.8 Å². The highest BCUT2D eigenvalue weighted by Crippen LogP contribution is 2.59. The molecule has 5 aromatic rings. The molecule has 1 aliphatic rings. The first-order chi connectivity index (χ1) is 19.1. The number of alkyl halides is 3. The molecule has 2 amide bonds. The van der Waals surface area contributed by atoms with Gasteiger partial charge in [0.15, 0.2) is 17.2 Å². The van der Waals surface area contributed by atoms with E-state index in [9.17, 15) is 22.8 Å². The maximum Gasteiger partial charge on any atom is 0.401 e. The summed E-state index contributed by atoms with van der Waals surface area (Å²) in [6, 6.07) is 3.59. The minimum atomic E-state index is -4.47. The molecule has 5 N–H and O–H groups in total. The van der Waals surface area contributed by atoms with Crippen LogP contribution in [0.4, 0.5) is 35.3 Å². The van der Waals surface area contributed by atoms with E-state index < -0.39 is 23.6 Å². The number of amides is 2. The summed E-state index contributed by atoms with van der Waals surface area (Å²) in [5, 5.41) is 18.2. The number of hydrogen-bond acceptors (Lipinski definition) is 8. The van der Waals surface area contributed by atoms with Gasteiger partial charge in [-0.3, -0.25) is 14.5 Å². The van der Waals surface area contributed by atoms with Crippen LogP contribution in [0.3, 0.4) is 0 Å². The average Bonchev–Trinajstić information content (AvgIpc) is 3.22. The lowest BCUT2D eigenvalue weighted by molar-refractivity contribution is -0.165. The van der Waals surface area contributed by atoms with E-state index in [2.05, 4.69) is 30.7 Å². The molecule has 40 heavy (non-hydrogen) atoms. The number of carboxylic acids is 1. The Morgan fingerprint density at radius 3 is 2.67 bits per heavy atom. The van der Waals surface area contributed by atoms with Crippen molar-refractivity contribution in [1.29, 1.82) is 0 Å². The smallest absolute Gasteiger partial charge is 0.401 e. The summed E-state index contributed by atoms with van der Waals surface area (Å²) in [6.07, 6.45) is 1.39. The lowest BCUT2D eigenvalue weighted by Crippen LogP contribution is -2.28. The molecule has 0 unspecified atom stereocenters. The van der Waals surface area contributed by atoms with Crippen molar-refractivity contribution in [1.82, 2.24) is 29.1 Å². The standard InChI is InChI=1S/C24H20F3N9O4/c25-24(26,27)23(4-5-23)15-9-16(34-40-15)33-22(39)32-13-1-2-14(36-8-6-29-20(13)36)12-10-35(7-3-17(37)38)21-18(12)19(28)30-11-31-21/h1-2,6,8-11H,3-5,7H2,(H,37,38)(H2,28,30,31)(H2,32,33,34,39). The first-order valence-electron chi connectivity index (χ1n) is 12.0. The van der Waals surface area contributed by atoms with E-state index in [0.717, 1.165) is 6.07 Å². The number of pyridine rings is 1. The Bertz CT molecular complexity index is 1790. The third-order valence-electron chi connectivity index (χ3n) is 6.84. The second kappa shape index (κ2) is 8.96. The predicted octanol–water partition coefficient (Wildman–Crippen LogP) is 4.03. The fourth-order valence-corrected chi connectivity index (χ4v) is 4.68. The first-order valence-corrected chi connectivity index (χ1v) is 12.0. The number of nitrogens with one attached hydrogen (secondary N) is 2. The second-order valence-corrected chi connectivity index (χ2v) is 9.33. The number of nitrogen functional groups attached to an aromatic ring is 1. The number of aryl methyl sites for hydroxylation is 1. The van der Waals surface area contributed by atoms with Crippen molar-refractivity contribution in [3.63, 3.8) is 0 Å². The minimum absolute atomic E-state index is 0.0997. The summed E-state index contributed by atoms with van der Waals surface area (Å²) in [7, 11) is 0. The van der Waals surface area contributed by atoms with Crippen LogP contribution in [0.2, 0.25) is 0 Å². The molecule has 5 aromatic heterocycles. The summed E-state index contributed by atoms with van der Waals surface area (Å²) in [5.41, 5.74) is 6.44. The zero-order valence-electron chi connectivity index (χ0n) is 20.4. The third kappa shape index (κ3) is 4.13. The van der Waals surface area contributed by atoms with Gasteiger partial charge in [0, 0.05) is 36.8 Å². The van der Waals surface area contributed by atoms with E-state index in [1.807, 2.05) is 0 Å². The van der Waals surface area contributed by atoms with Gasteiger partial charge in [0.2, 0.25) is 0 Å². The molecule has 1 saturated carbocycles. The van der Waals surface area contributed by atoms with Crippen LogP contribution >= 0.6 is 0 Å². The summed E-state index contributed by atoms with van der Waals surface area (Å²) < 4.78 is 48.3. The van der Waals surface area contributed by atoms with E-state index in [-0.39, 0.29) is 43.2 Å². The number of nitrogens with zero attached hydrogens (tertiary/aromatic N) is 6. The molecule has 1 fully saturated rings. The van der Waals surface area contributed by atoms with Gasteiger partial charge >= 0.3 is 18.2 Å². The zero-order valence-corrected chi connectivity index (χ0v) is 20.4. The molecule has 1 aliphatic carbocycles. The van der Waals surface area contributed by atoms with Gasteiger partial charge < -0.3 is 25.2 Å². The van der Waals surface area contributed by atoms with Gasteiger partial charge in [-0.2, -0.15) is 13.2 Å². The Morgan fingerprint density at radius 1 is 1.15 bits per heavy atom. The van der Waals surface area contributed by atoms with Crippen molar-refractivity contribution < 1.29 is 32.4 Å². The molecule has 0 saturated heterocycles. The maximum atomic E-state index is 13.4. The van der Waals surface area contributed by atoms with Gasteiger partial charge in [0.05, 0.1) is 23.2 Å². The fraction of sp³-hybridized carbons (Fsp3) is 0.250. The third-order valence-corrected chi connectivity index (χ3v) is 6.84. The predicted molar refractivity (Wildman–Crippen MR) is 134 cm³/mol. The van der Waals surface area contributed by atoms with Crippen molar-refractivity contribution in [2.24, 2.45) is 0 Å². The van der Waals surface area contributed by atoms with Crippen LogP contribution in [0.25, 0.3) is 27.9 Å². The molecule has 13 nitrogen and oxygen atoms in total. The summed E-state index contributed by atoms with van der Waals surface area (Å²) >= 11 is 0. The van der Waals surface area contributed by atoms with Crippen molar-refractivity contribution >= 4 is 46.0 Å². The van der Waals surface area contributed by atoms with Crippen molar-refractivity contribution in [3.05, 3.63) is 48.9 Å². The Morgan fingerprint density at radius 2 is 1.95 bits per heavy atom. The fourth-order valence-electron chi connectivity index (χ4n) is 4.68. The topological polar surface area (TPSA) is 178 Å². The molecule has 0 atom stereocenters. The number of carbonyl (C=O) groups excluding carboxylic acids is 1. The molecule has 0 radical (unpaired) electrons. The number of urea groups is 1. The Balaban J connectivity index is 1.28. The van der Waals surface area contributed by atoms with Crippen LogP contribution < -0.4 is 16.4 Å². The maximum absolute atomic E-state index is 13.4. The molecule has 0 aromatic carbocycles. The highest BCUT2D eigenvalue weighted by Gasteiger charge is 2.66. The van der Waals surface area contributed by atoms with Crippen LogP contribution in [0, 0.1) is 0 Å². The molecule has 6 rings (SSSR count). The number of hydrogen-bond donors (Lipinski definition) is 4. The van der Waals surface area contributed by atoms with Crippen LogP contribution in [0.1, 0.15) is 25.0 Å². The number of anilines is 3. The van der Waals surface area contributed by atoms with E-state index in [0.29, 0.717) is 33.6 Å². The SMILES string of the molecule is Nc1ncnc2c1c(-c1ccc(NC(=O)Nc3cc(C4(C(F)(F)F)CC4)on3)c3nccn13)cn2CCC(=O)O. The van der Waals surface area contributed by atoms with E-state index >= 15 is 0 Å². The molecular weight excluding hydrogens is 535 g/mol. The zero-order chi connectivity index (χ0) is 28.2. The average molecular weight is 555 g/mol. The number of aromatic nitrogens is 6. The number of imidazole rings is 1. The Kier molecular flexibility index (Phi) is 5.63. The number of rotatable bonds is 7. The van der Waals surface area contributed by atoms with Crippen LogP contribution in [0.15, 0.2) is 47.6 Å². The summed E-state index contributed by atoms with van der Waals surface area (Å²) in [4.78, 5) is 36.5. The van der Waals surface area contributed by atoms with Gasteiger partial charge in [-0.05, 0) is 25.0 Å². The monoisotopic (exact) mass is 555 g/mol. The number of carbonyl (C=O) groups is 2. The quantitative estimate of drug-likeness (QED) is 0.231. The largest absolute Gasteiger partial charge is 0.481 e. The van der Waals surface area contributed by atoms with Gasteiger partial charge in [0.1, 0.15) is 23.2 Å². The van der Waals surface area contributed by atoms with Gasteiger partial charge in [-0.25, -0.2) is 19.7 Å². The van der Waals surface area contributed by atoms with E-state index in [1.165, 1.54) is 12.5 Å². The number of halogens is 3. The molecule has 5 heterocycles. The normalized spacial score (nSPS) is 14.5. The number of nitrogens with two attached hydrogens (primary N) is 1. The lowest BCUT2D eigenvalue weighted by atomic mass is 10.0. The van der Waals surface area contributed by atoms with E-state index in [4.69, 9.17) is 15.4 Å². The van der Waals surface area contributed by atoms with Gasteiger partial charge in [0.25, 0.3) is 0 Å². The lowest BCUT2D eigenvalue weighted by Gasteiger charge is -2.15. The van der Waals surface area contributed by atoms with Crippen LogP contribution in [-0.4, -0.2) is 52.4 Å². The molecule has 0 spiro atoms. The number of aliphatic carboxylic acids is 1. The van der Waals surface area contributed by atoms with Gasteiger partial charge in [-0.15, -0.1) is 0 Å². The molecule has 0 aliphatic heterocycles. The summed E-state index contributed by atoms with van der Waals surface area (Å²) in [5.74, 6) is -1.27. The molecule has 206 valence electrons. The highest BCUT2D eigenvalue weighted by molar-refractivity contribution is 6.03. The highest BCUT2D eigenvalue weighted by atomic mass is 19.4. The summed E-state index contributed by atoms with van der Waals surface area (Å²) in [6.45, 7) is 0.156.